The van der Waals surface area contributed by atoms with Crippen LogP contribution in [0.1, 0.15) is 26.9 Å². The van der Waals surface area contributed by atoms with Gasteiger partial charge in [0.15, 0.2) is 6.10 Å². The van der Waals surface area contributed by atoms with E-state index >= 15 is 8.78 Å². The van der Waals surface area contributed by atoms with Crippen LogP contribution in [0.15, 0.2) is 77.7 Å². The Morgan fingerprint density at radius 3 is 2.14 bits per heavy atom. The van der Waals surface area contributed by atoms with Gasteiger partial charge in [-0.15, -0.1) is 12.4 Å². The Morgan fingerprint density at radius 2 is 1.57 bits per heavy atom. The fourth-order valence-corrected chi connectivity index (χ4v) is 3.43. The molecule has 0 radical (unpaired) electrons. The van der Waals surface area contributed by atoms with Crippen molar-refractivity contribution in [1.29, 1.82) is 0 Å². The second-order valence-electron chi connectivity index (χ2n) is 7.40. The number of nitrogens with zero attached hydrogens (tertiary/aromatic N) is 2. The highest BCUT2D eigenvalue weighted by atomic mass is 35.5. The number of nitrogens with two attached hydrogens (primary N) is 1. The maximum atomic E-state index is 15.5. The van der Waals surface area contributed by atoms with Crippen molar-refractivity contribution in [2.24, 2.45) is 0 Å². The molecule has 1 fully saturated rings. The van der Waals surface area contributed by atoms with E-state index in [1.807, 2.05) is 0 Å². The maximum absolute atomic E-state index is 15.5. The number of halogens is 3. The number of carbonyl (C=O) groups is 2. The highest BCUT2D eigenvalue weighted by molar-refractivity contribution is 5.90. The third kappa shape index (κ3) is 5.47. The number of benzene rings is 2. The van der Waals surface area contributed by atoms with Crippen LogP contribution in [0, 0.1) is 0 Å². The van der Waals surface area contributed by atoms with Crippen molar-refractivity contribution in [3.05, 3.63) is 94.5 Å². The molecule has 2 N–H and O–H groups in total. The summed E-state index contributed by atoms with van der Waals surface area (Å²) in [4.78, 5) is 40.5. The lowest BCUT2D eigenvalue weighted by atomic mass is 10.1. The van der Waals surface area contributed by atoms with Gasteiger partial charge in [-0.2, -0.15) is 13.8 Å². The number of nitrogen functional groups attached to an aromatic ring is 1. The van der Waals surface area contributed by atoms with E-state index in [1.54, 1.807) is 36.4 Å². The number of carbonyl (C=O) groups excluding carboxylic acids is 2. The summed E-state index contributed by atoms with van der Waals surface area (Å²) in [5.41, 5.74) is 4.58. The van der Waals surface area contributed by atoms with Crippen molar-refractivity contribution in [2.75, 3.05) is 12.3 Å². The molecule has 0 amide bonds. The fraction of sp³-hybridized carbons (Fsp3) is 0.217. The van der Waals surface area contributed by atoms with Gasteiger partial charge in [-0.1, -0.05) is 36.4 Å². The van der Waals surface area contributed by atoms with Gasteiger partial charge < -0.3 is 19.9 Å². The van der Waals surface area contributed by atoms with Crippen LogP contribution in [0.5, 0.6) is 0 Å². The molecule has 35 heavy (non-hydrogen) atoms. The van der Waals surface area contributed by atoms with Crippen LogP contribution in [0.2, 0.25) is 0 Å². The predicted octanol–water partition coefficient (Wildman–Crippen LogP) is 2.86. The van der Waals surface area contributed by atoms with E-state index in [-0.39, 0.29) is 29.4 Å². The first kappa shape index (κ1) is 25.8. The van der Waals surface area contributed by atoms with Gasteiger partial charge in [0.05, 0.1) is 11.1 Å². The number of ether oxygens (including phenoxy) is 3. The average molecular weight is 508 g/mol. The molecule has 0 aliphatic carbocycles. The minimum absolute atomic E-state index is 0. The van der Waals surface area contributed by atoms with Gasteiger partial charge in [-0.05, 0) is 30.3 Å². The lowest BCUT2D eigenvalue weighted by Crippen LogP contribution is -2.44. The van der Waals surface area contributed by atoms with Gasteiger partial charge in [0, 0.05) is 6.20 Å². The molecule has 3 aromatic rings. The van der Waals surface area contributed by atoms with Crippen LogP contribution >= 0.6 is 12.4 Å². The Morgan fingerprint density at radius 1 is 1.00 bits per heavy atom. The zero-order valence-corrected chi connectivity index (χ0v) is 18.8. The van der Waals surface area contributed by atoms with E-state index in [4.69, 9.17) is 19.9 Å². The molecule has 0 unspecified atom stereocenters. The van der Waals surface area contributed by atoms with Crippen molar-refractivity contribution in [3.8, 4) is 0 Å². The third-order valence-corrected chi connectivity index (χ3v) is 5.09. The monoisotopic (exact) mass is 507 g/mol. The highest BCUT2D eigenvalue weighted by Crippen LogP contribution is 2.44. The molecule has 184 valence electrons. The number of hydrogen-bond donors (Lipinski definition) is 1. The van der Waals surface area contributed by atoms with Crippen molar-refractivity contribution in [2.45, 2.75) is 24.4 Å². The fourth-order valence-electron chi connectivity index (χ4n) is 3.43. The van der Waals surface area contributed by atoms with Crippen molar-refractivity contribution in [3.63, 3.8) is 0 Å². The Labute approximate surface area is 203 Å². The summed E-state index contributed by atoms with van der Waals surface area (Å²) in [7, 11) is 0. The summed E-state index contributed by atoms with van der Waals surface area (Å²) < 4.78 is 47.1. The van der Waals surface area contributed by atoms with E-state index in [9.17, 15) is 14.4 Å². The quantitative estimate of drug-likeness (QED) is 0.505. The molecule has 0 bridgehead atoms. The van der Waals surface area contributed by atoms with Gasteiger partial charge in [0.2, 0.25) is 6.23 Å². The Balaban J connectivity index is 0.00000342. The first-order valence-electron chi connectivity index (χ1n) is 10.1. The molecule has 3 atom stereocenters. The molecule has 0 saturated carbocycles. The van der Waals surface area contributed by atoms with Crippen LogP contribution in [-0.2, 0) is 14.2 Å². The van der Waals surface area contributed by atoms with Crippen molar-refractivity contribution < 1.29 is 32.6 Å². The van der Waals surface area contributed by atoms with Gasteiger partial charge in [0.1, 0.15) is 18.5 Å². The lowest BCUT2D eigenvalue weighted by Gasteiger charge is -2.24. The summed E-state index contributed by atoms with van der Waals surface area (Å²) in [6.45, 7) is -0.663. The Hall–Kier alpha value is -3.83. The highest BCUT2D eigenvalue weighted by Gasteiger charge is 2.62. The summed E-state index contributed by atoms with van der Waals surface area (Å²) in [6.07, 6.45) is -4.93. The Kier molecular flexibility index (Phi) is 7.82. The van der Waals surface area contributed by atoms with Gasteiger partial charge in [-0.25, -0.2) is 14.4 Å². The number of esters is 2. The van der Waals surface area contributed by atoms with Gasteiger partial charge in [0.25, 0.3) is 0 Å². The number of rotatable bonds is 6. The minimum Gasteiger partial charge on any atom is -0.459 e. The zero-order chi connectivity index (χ0) is 24.3. The first-order chi connectivity index (χ1) is 16.3. The minimum atomic E-state index is -3.88. The van der Waals surface area contributed by atoms with E-state index in [1.165, 1.54) is 24.3 Å². The summed E-state index contributed by atoms with van der Waals surface area (Å²) in [5.74, 6) is -5.86. The summed E-state index contributed by atoms with van der Waals surface area (Å²) in [6, 6.07) is 16.6. The van der Waals surface area contributed by atoms with E-state index < -0.39 is 48.6 Å². The second-order valence-corrected chi connectivity index (χ2v) is 7.40. The van der Waals surface area contributed by atoms with E-state index in [2.05, 4.69) is 4.98 Å². The third-order valence-electron chi connectivity index (χ3n) is 5.09. The van der Waals surface area contributed by atoms with E-state index in [0.29, 0.717) is 4.57 Å². The van der Waals surface area contributed by atoms with Crippen LogP contribution in [0.4, 0.5) is 14.6 Å². The molecule has 4 rings (SSSR count). The molecule has 1 aliphatic rings. The number of hydrogen-bond acceptors (Lipinski definition) is 8. The van der Waals surface area contributed by atoms with Crippen LogP contribution < -0.4 is 11.4 Å². The molecule has 2 heterocycles. The second kappa shape index (κ2) is 10.6. The molecule has 9 nitrogen and oxygen atoms in total. The number of aromatic nitrogens is 2. The van der Waals surface area contributed by atoms with Crippen LogP contribution in [-0.4, -0.2) is 46.2 Å². The van der Waals surface area contributed by atoms with Gasteiger partial charge in [-0.3, -0.25) is 4.57 Å². The van der Waals surface area contributed by atoms with Crippen molar-refractivity contribution in [1.82, 2.24) is 9.55 Å². The maximum Gasteiger partial charge on any atom is 0.351 e. The first-order valence-corrected chi connectivity index (χ1v) is 10.1. The molecule has 1 saturated heterocycles. The SMILES string of the molecule is Cl.Nc1ccn([C@@H]2O[C@H](COC(=O)c3ccccc3)[C@@H](OC(=O)c3ccccc3)C2(F)F)c(=O)n1. The standard InChI is InChI=1S/C23H19F2N3O6.ClH/c24-23(25)18(34-20(30)15-9-5-2-6-10-15)16(13-32-19(29)14-7-3-1-4-8-14)33-21(23)28-12-11-17(26)27-22(28)31;/h1-12,16,18,21H,13H2,(H2,26,27,31);1H/t16-,18-,21-;/m1./s1. The van der Waals surface area contributed by atoms with Crippen molar-refractivity contribution >= 4 is 30.2 Å². The van der Waals surface area contributed by atoms with E-state index in [0.717, 1.165) is 12.3 Å². The zero-order valence-electron chi connectivity index (χ0n) is 18.0. The van der Waals surface area contributed by atoms with Gasteiger partial charge >= 0.3 is 23.6 Å². The molecular weight excluding hydrogens is 488 g/mol. The van der Waals surface area contributed by atoms with Crippen LogP contribution in [0.3, 0.4) is 0 Å². The predicted molar refractivity (Wildman–Crippen MR) is 121 cm³/mol. The summed E-state index contributed by atoms with van der Waals surface area (Å²) in [5, 5.41) is 0. The largest absolute Gasteiger partial charge is 0.459 e. The number of alkyl halides is 2. The number of anilines is 1. The smallest absolute Gasteiger partial charge is 0.351 e. The average Bonchev–Trinajstić information content (AvgIpc) is 3.08. The molecule has 1 aromatic heterocycles. The Bertz CT molecular complexity index is 1240. The summed E-state index contributed by atoms with van der Waals surface area (Å²) >= 11 is 0. The lowest BCUT2D eigenvalue weighted by molar-refractivity contribution is -0.142. The normalized spacial score (nSPS) is 20.5. The molecule has 12 heteroatoms. The molecule has 1 aliphatic heterocycles. The molecule has 2 aromatic carbocycles. The van der Waals surface area contributed by atoms with Crippen LogP contribution in [0.25, 0.3) is 0 Å². The molecule has 0 spiro atoms. The molecular formula is C23H20ClF2N3O6. The topological polar surface area (TPSA) is 123 Å².